The van der Waals surface area contributed by atoms with Crippen LogP contribution in [0.4, 0.5) is 20.2 Å². The average molecular weight is 511 g/mol. The Bertz CT molecular complexity index is 1320. The normalized spacial score (nSPS) is 17.3. The zero-order valence-corrected chi connectivity index (χ0v) is 20.9. The lowest BCUT2D eigenvalue weighted by Gasteiger charge is -2.23. The number of aliphatic imine (C=N–C) groups is 1. The van der Waals surface area contributed by atoms with Crippen molar-refractivity contribution in [2.45, 2.75) is 26.8 Å². The highest BCUT2D eigenvalue weighted by Gasteiger charge is 2.37. The Morgan fingerprint density at radius 3 is 2.68 bits per heavy atom. The standard InChI is InChI=1S/C26H28F2N6O3/c1-14-5-7-18(32-25(35)17-6-8-20(27)21(28)9-17)10-22(14)33-24-23-16(3)19(11-34(23)30-13-29-24)26(36)31-15(2)12-37-4/h5-10,13,15,19H,11-12H2,1-4H3,(H,31,36)(H,32,35)(H,29,30,33)/t15-,19?/m0/s1. The van der Waals surface area contributed by atoms with Crippen molar-refractivity contribution < 1.29 is 23.1 Å². The molecule has 0 saturated carbocycles. The molecule has 194 valence electrons. The van der Waals surface area contributed by atoms with E-state index in [1.54, 1.807) is 24.3 Å². The second-order valence-electron chi connectivity index (χ2n) is 8.98. The first-order valence-electron chi connectivity index (χ1n) is 11.7. The monoisotopic (exact) mass is 510 g/mol. The molecule has 2 aromatic rings. The van der Waals surface area contributed by atoms with Crippen molar-refractivity contribution in [2.24, 2.45) is 16.0 Å². The zero-order valence-electron chi connectivity index (χ0n) is 20.9. The van der Waals surface area contributed by atoms with E-state index in [2.05, 4.69) is 26.0 Å². The Morgan fingerprint density at radius 1 is 1.16 bits per heavy atom. The molecular weight excluding hydrogens is 482 g/mol. The molecule has 37 heavy (non-hydrogen) atoms. The molecule has 2 aliphatic heterocycles. The number of methoxy groups -OCH3 is 1. The van der Waals surface area contributed by atoms with Gasteiger partial charge in [0.05, 0.1) is 19.1 Å². The number of carbonyl (C=O) groups excluding carboxylic acids is 2. The van der Waals surface area contributed by atoms with Gasteiger partial charge in [-0.2, -0.15) is 5.10 Å². The van der Waals surface area contributed by atoms with Crippen LogP contribution in [-0.4, -0.2) is 55.3 Å². The lowest BCUT2D eigenvalue weighted by Crippen LogP contribution is -2.41. The molecule has 4 rings (SSSR count). The summed E-state index contributed by atoms with van der Waals surface area (Å²) in [5.74, 6) is -2.70. The van der Waals surface area contributed by atoms with Crippen molar-refractivity contribution in [3.8, 4) is 0 Å². The molecule has 0 aliphatic carbocycles. The van der Waals surface area contributed by atoms with E-state index >= 15 is 0 Å². The number of carbonyl (C=O) groups is 2. The second kappa shape index (κ2) is 10.9. The molecule has 0 radical (unpaired) electrons. The van der Waals surface area contributed by atoms with Gasteiger partial charge in [0.15, 0.2) is 17.5 Å². The SMILES string of the molecule is COC[C@H](C)NC(=O)C1CN2N=CN=C(Nc3cc(NC(=O)c4ccc(F)c(F)c4)ccc3C)C2=C1C. The van der Waals surface area contributed by atoms with Gasteiger partial charge in [-0.1, -0.05) is 6.07 Å². The smallest absolute Gasteiger partial charge is 0.255 e. The summed E-state index contributed by atoms with van der Waals surface area (Å²) in [5.41, 5.74) is 3.52. The second-order valence-corrected chi connectivity index (χ2v) is 8.98. The molecule has 0 bridgehead atoms. The third-order valence-electron chi connectivity index (χ3n) is 6.16. The maximum absolute atomic E-state index is 13.5. The summed E-state index contributed by atoms with van der Waals surface area (Å²) in [5, 5.41) is 15.0. The highest BCUT2D eigenvalue weighted by Crippen LogP contribution is 2.32. The first-order valence-corrected chi connectivity index (χ1v) is 11.7. The minimum atomic E-state index is -1.10. The molecule has 2 aliphatic rings. The van der Waals surface area contributed by atoms with E-state index < -0.39 is 23.5 Å². The van der Waals surface area contributed by atoms with E-state index in [4.69, 9.17) is 4.74 Å². The topological polar surface area (TPSA) is 107 Å². The number of benzene rings is 2. The van der Waals surface area contributed by atoms with Crippen LogP contribution >= 0.6 is 0 Å². The van der Waals surface area contributed by atoms with Gasteiger partial charge < -0.3 is 20.7 Å². The van der Waals surface area contributed by atoms with Crippen molar-refractivity contribution in [2.75, 3.05) is 30.9 Å². The number of rotatable bonds is 7. The number of halogens is 2. The summed E-state index contributed by atoms with van der Waals surface area (Å²) < 4.78 is 31.9. The molecule has 11 heteroatoms. The van der Waals surface area contributed by atoms with Crippen molar-refractivity contribution in [3.05, 3.63) is 70.4 Å². The van der Waals surface area contributed by atoms with Crippen LogP contribution in [0.25, 0.3) is 0 Å². The van der Waals surface area contributed by atoms with E-state index in [1.807, 2.05) is 26.8 Å². The first-order chi connectivity index (χ1) is 17.7. The molecule has 0 fully saturated rings. The van der Waals surface area contributed by atoms with E-state index in [0.717, 1.165) is 23.3 Å². The fraction of sp³-hybridized carbons (Fsp3) is 0.308. The number of hydrogen-bond donors (Lipinski definition) is 3. The van der Waals surface area contributed by atoms with Gasteiger partial charge in [0, 0.05) is 30.1 Å². The summed E-state index contributed by atoms with van der Waals surface area (Å²) in [7, 11) is 1.58. The van der Waals surface area contributed by atoms with Gasteiger partial charge in [0.25, 0.3) is 5.91 Å². The zero-order chi connectivity index (χ0) is 26.7. The number of fused-ring (bicyclic) bond motifs is 1. The molecule has 2 atom stereocenters. The van der Waals surface area contributed by atoms with Crippen molar-refractivity contribution in [3.63, 3.8) is 0 Å². The number of nitrogens with zero attached hydrogens (tertiary/aromatic N) is 3. The number of amides is 2. The lowest BCUT2D eigenvalue weighted by molar-refractivity contribution is -0.124. The van der Waals surface area contributed by atoms with Gasteiger partial charge in [0.2, 0.25) is 5.91 Å². The Kier molecular flexibility index (Phi) is 7.63. The largest absolute Gasteiger partial charge is 0.383 e. The summed E-state index contributed by atoms with van der Waals surface area (Å²) in [4.78, 5) is 29.8. The number of anilines is 2. The van der Waals surface area contributed by atoms with Gasteiger partial charge in [-0.05, 0) is 62.2 Å². The maximum atomic E-state index is 13.5. The molecular formula is C26H28F2N6O3. The van der Waals surface area contributed by atoms with Crippen LogP contribution in [0.1, 0.15) is 29.8 Å². The number of hydrogen-bond acceptors (Lipinski definition) is 7. The minimum absolute atomic E-state index is 0.00614. The van der Waals surface area contributed by atoms with Gasteiger partial charge in [-0.3, -0.25) is 14.6 Å². The number of aryl methyl sites for hydroxylation is 1. The Hall–Kier alpha value is -4.12. The Balaban J connectivity index is 1.52. The molecule has 2 amide bonds. The van der Waals surface area contributed by atoms with Crippen molar-refractivity contribution in [1.29, 1.82) is 0 Å². The maximum Gasteiger partial charge on any atom is 0.255 e. The van der Waals surface area contributed by atoms with Crippen LogP contribution in [0, 0.1) is 24.5 Å². The minimum Gasteiger partial charge on any atom is -0.383 e. The Labute approximate surface area is 213 Å². The van der Waals surface area contributed by atoms with Crippen LogP contribution in [0.5, 0.6) is 0 Å². The number of amidine groups is 1. The van der Waals surface area contributed by atoms with Crippen molar-refractivity contribution >= 4 is 35.4 Å². The van der Waals surface area contributed by atoms with Gasteiger partial charge >= 0.3 is 0 Å². The van der Waals surface area contributed by atoms with E-state index in [1.165, 1.54) is 12.4 Å². The third-order valence-corrected chi connectivity index (χ3v) is 6.16. The summed E-state index contributed by atoms with van der Waals surface area (Å²) in [6.45, 7) is 6.44. The van der Waals surface area contributed by atoms with E-state index in [0.29, 0.717) is 36.1 Å². The molecule has 0 saturated heterocycles. The van der Waals surface area contributed by atoms with Crippen LogP contribution < -0.4 is 16.0 Å². The number of nitrogens with one attached hydrogen (secondary N) is 3. The lowest BCUT2D eigenvalue weighted by atomic mass is 10.0. The molecule has 0 aromatic heterocycles. The quantitative estimate of drug-likeness (QED) is 0.527. The molecule has 1 unspecified atom stereocenters. The van der Waals surface area contributed by atoms with E-state index in [-0.39, 0.29) is 17.5 Å². The predicted molar refractivity (Wildman–Crippen MR) is 137 cm³/mol. The van der Waals surface area contributed by atoms with Crippen molar-refractivity contribution in [1.82, 2.24) is 10.3 Å². The highest BCUT2D eigenvalue weighted by atomic mass is 19.2. The molecule has 9 nitrogen and oxygen atoms in total. The van der Waals surface area contributed by atoms with Crippen LogP contribution in [0.15, 0.2) is 57.8 Å². The predicted octanol–water partition coefficient (Wildman–Crippen LogP) is 3.65. The molecule has 3 N–H and O–H groups in total. The van der Waals surface area contributed by atoms with E-state index in [9.17, 15) is 18.4 Å². The molecule has 2 heterocycles. The molecule has 0 spiro atoms. The molecule has 2 aromatic carbocycles. The third kappa shape index (κ3) is 5.67. The fourth-order valence-corrected chi connectivity index (χ4v) is 4.20. The first kappa shape index (κ1) is 26.0. The van der Waals surface area contributed by atoms with Crippen LogP contribution in [0.3, 0.4) is 0 Å². The van der Waals surface area contributed by atoms with Crippen LogP contribution in [0.2, 0.25) is 0 Å². The van der Waals surface area contributed by atoms with Gasteiger partial charge in [-0.25, -0.2) is 13.8 Å². The fourth-order valence-electron chi connectivity index (χ4n) is 4.20. The summed E-state index contributed by atoms with van der Waals surface area (Å²) >= 11 is 0. The van der Waals surface area contributed by atoms with Gasteiger partial charge in [-0.15, -0.1) is 0 Å². The highest BCUT2D eigenvalue weighted by molar-refractivity contribution is 6.13. The Morgan fingerprint density at radius 2 is 1.95 bits per heavy atom. The van der Waals surface area contributed by atoms with Gasteiger partial charge in [0.1, 0.15) is 12.0 Å². The summed E-state index contributed by atoms with van der Waals surface area (Å²) in [6.07, 6.45) is 1.41. The summed E-state index contributed by atoms with van der Waals surface area (Å²) in [6, 6.07) is 8.06. The number of ether oxygens (including phenoxy) is 1. The average Bonchev–Trinajstić information content (AvgIpc) is 3.20. The number of hydrazone groups is 1. The van der Waals surface area contributed by atoms with Crippen LogP contribution in [-0.2, 0) is 9.53 Å².